The van der Waals surface area contributed by atoms with Gasteiger partial charge in [0.15, 0.2) is 10.9 Å². The third-order valence-corrected chi connectivity index (χ3v) is 21.8. The number of hydrogen-bond acceptors (Lipinski definition) is 6. The first kappa shape index (κ1) is 63.1. The fraction of sp³-hybridized carbons (Fsp3) is 0.714. The van der Waals surface area contributed by atoms with Crippen molar-refractivity contribution in [2.45, 2.75) is 311 Å². The molecule has 76 heavy (non-hydrogen) atoms. The van der Waals surface area contributed by atoms with E-state index in [4.69, 9.17) is 0 Å². The molecule has 0 saturated carbocycles. The molecule has 4 aromatic heterocycles. The third kappa shape index (κ3) is 20.1. The lowest BCUT2D eigenvalue weighted by Gasteiger charge is -2.18. The number of aryl methyl sites for hydroxylation is 2. The van der Waals surface area contributed by atoms with Gasteiger partial charge in [0.2, 0.25) is 0 Å². The molecule has 4 aromatic rings. The zero-order chi connectivity index (χ0) is 53.7. The van der Waals surface area contributed by atoms with E-state index in [9.17, 15) is 0 Å². The van der Waals surface area contributed by atoms with Gasteiger partial charge in [0.1, 0.15) is 0 Å². The number of unbranched alkanes of at least 4 members (excludes halogenated alkanes) is 32. The first-order chi connectivity index (χ1) is 37.3. The molecular weight excluding hydrogens is 1000 g/mol. The lowest BCUT2D eigenvalue weighted by Crippen LogP contribution is -2.13. The number of fused-ring (bicyclic) bond motifs is 2. The highest BCUT2D eigenvalue weighted by molar-refractivity contribution is 7.30. The summed E-state index contributed by atoms with van der Waals surface area (Å²) in [7, 11) is 0. The Hall–Kier alpha value is -2.12. The van der Waals surface area contributed by atoms with E-state index in [1.807, 2.05) is 22.7 Å². The van der Waals surface area contributed by atoms with Gasteiger partial charge in [0, 0.05) is 59.9 Å². The molecule has 6 heteroatoms. The summed E-state index contributed by atoms with van der Waals surface area (Å²) >= 11 is 7.30. The number of hydrogen-bond donors (Lipinski definition) is 0. The van der Waals surface area contributed by atoms with Crippen molar-refractivity contribution in [3.05, 3.63) is 76.0 Å². The Morgan fingerprint density at radius 3 is 0.803 bits per heavy atom. The van der Waals surface area contributed by atoms with E-state index in [1.54, 1.807) is 22.7 Å². The molecule has 0 fully saturated rings. The highest BCUT2D eigenvalue weighted by Gasteiger charge is 2.31. The minimum absolute atomic E-state index is 0.165. The summed E-state index contributed by atoms with van der Waals surface area (Å²) in [4.78, 5) is 36.7. The van der Waals surface area contributed by atoms with Gasteiger partial charge in [-0.25, -0.2) is 0 Å². The second kappa shape index (κ2) is 36.3. The van der Waals surface area contributed by atoms with Gasteiger partial charge >= 0.3 is 0 Å². The van der Waals surface area contributed by atoms with E-state index < -0.39 is 0 Å². The molecule has 6 rings (SSSR count). The normalized spacial score (nSPS) is 13.0. The highest BCUT2D eigenvalue weighted by atomic mass is 32.1. The molecule has 0 saturated heterocycles. The third-order valence-electron chi connectivity index (χ3n) is 17.4. The van der Waals surface area contributed by atoms with Crippen molar-refractivity contribution in [3.63, 3.8) is 0 Å². The number of thiophene rings is 4. The van der Waals surface area contributed by atoms with Crippen LogP contribution in [0.5, 0.6) is 0 Å². The van der Waals surface area contributed by atoms with E-state index in [-0.39, 0.29) is 10.9 Å². The second-order valence-electron chi connectivity index (χ2n) is 24.1. The molecule has 0 spiro atoms. The molecule has 0 aliphatic heterocycles. The SMILES string of the molecule is CCCCCCCCCCCCC(CCCCCCCCCC)Cc1c(-c2cc3sc(C)cc3s2)c(=O)c2c(CC(CCCCCCCCCC)CCCCCCCCCCCC)c(-c3cc4sc(C)cc4s3)c(=O)c1=2. The second-order valence-corrected chi connectivity index (χ2v) is 28.9. The van der Waals surface area contributed by atoms with Gasteiger partial charge in [-0.15, -0.1) is 45.3 Å². The van der Waals surface area contributed by atoms with Crippen LogP contribution in [0.1, 0.15) is 305 Å². The topological polar surface area (TPSA) is 34.1 Å². The summed E-state index contributed by atoms with van der Waals surface area (Å²) < 4.78 is 5.12. The zero-order valence-corrected chi connectivity index (χ0v) is 52.9. The Bertz CT molecular complexity index is 2380. The largest absolute Gasteiger partial charge is 0.289 e. The van der Waals surface area contributed by atoms with E-state index in [0.29, 0.717) is 11.8 Å². The maximum Gasteiger partial charge on any atom is 0.195 e. The van der Waals surface area contributed by atoms with Crippen molar-refractivity contribution in [2.75, 3.05) is 0 Å². The summed E-state index contributed by atoms with van der Waals surface area (Å²) in [6, 6.07) is 9.27. The minimum atomic E-state index is 0.165. The molecule has 2 atom stereocenters. The van der Waals surface area contributed by atoms with Crippen LogP contribution in [-0.4, -0.2) is 0 Å². The van der Waals surface area contributed by atoms with Gasteiger partial charge in [0.25, 0.3) is 0 Å². The van der Waals surface area contributed by atoms with Crippen LogP contribution >= 0.6 is 45.3 Å². The standard InChI is InChI=1S/C70H108O2S4/c1-7-11-15-19-23-27-29-33-37-41-45-55(43-39-35-31-25-21-17-13-9-3)49-57-65(63-51-61-59(75-63)47-53(5)73-61)69(71)68-58(66(70(72)67(57)68)64-52-62-60(76-64)48-54(6)74-62)50-56(44-40-36-32-26-22-18-14-10-4)46-42-38-34-30-28-24-20-16-12-8-2/h47-48,51-52,55-56H,7-46,49-50H2,1-6H3. The van der Waals surface area contributed by atoms with Crippen LogP contribution < -0.4 is 10.9 Å². The summed E-state index contributed by atoms with van der Waals surface area (Å²) in [5.74, 6) is 0.951. The fourth-order valence-electron chi connectivity index (χ4n) is 12.9. The molecule has 0 N–H and O–H groups in total. The summed E-state index contributed by atoms with van der Waals surface area (Å²) in [5.41, 5.74) is 4.34. The van der Waals surface area contributed by atoms with Crippen LogP contribution in [0.3, 0.4) is 0 Å². The molecule has 424 valence electrons. The van der Waals surface area contributed by atoms with Crippen LogP contribution in [0.4, 0.5) is 0 Å². The molecule has 0 aromatic carbocycles. The lowest BCUT2D eigenvalue weighted by atomic mass is 9.87. The van der Waals surface area contributed by atoms with Gasteiger partial charge < -0.3 is 0 Å². The van der Waals surface area contributed by atoms with Crippen molar-refractivity contribution in [1.29, 1.82) is 0 Å². The van der Waals surface area contributed by atoms with Crippen molar-refractivity contribution in [3.8, 4) is 20.9 Å². The number of rotatable bonds is 46. The van der Waals surface area contributed by atoms with Crippen LogP contribution in [-0.2, 0) is 12.8 Å². The maximum atomic E-state index is 15.9. The van der Waals surface area contributed by atoms with Crippen LogP contribution in [0.25, 0.3) is 39.7 Å². The Morgan fingerprint density at radius 2 is 0.553 bits per heavy atom. The van der Waals surface area contributed by atoms with Gasteiger partial charge in [0.05, 0.1) is 0 Å². The van der Waals surface area contributed by atoms with Gasteiger partial charge in [-0.3, -0.25) is 9.59 Å². The smallest absolute Gasteiger partial charge is 0.195 e. The summed E-state index contributed by atoms with van der Waals surface area (Å²) in [5, 5.41) is 1.64. The van der Waals surface area contributed by atoms with E-state index in [2.05, 4.69) is 65.8 Å². The minimum Gasteiger partial charge on any atom is -0.289 e. The first-order valence-electron chi connectivity index (χ1n) is 32.6. The van der Waals surface area contributed by atoms with Crippen molar-refractivity contribution in [2.24, 2.45) is 11.8 Å². The van der Waals surface area contributed by atoms with Crippen LogP contribution in [0.2, 0.25) is 0 Å². The van der Waals surface area contributed by atoms with E-state index in [0.717, 1.165) is 55.3 Å². The molecule has 4 heterocycles. The molecule has 2 aliphatic carbocycles. The van der Waals surface area contributed by atoms with Crippen molar-refractivity contribution < 1.29 is 0 Å². The maximum absolute atomic E-state index is 15.9. The Balaban J connectivity index is 1.35. The van der Waals surface area contributed by atoms with E-state index >= 15 is 9.59 Å². The fourth-order valence-corrected chi connectivity index (χ4v) is 17.7. The van der Waals surface area contributed by atoms with E-state index in [1.165, 1.54) is 285 Å². The average molecular weight is 1110 g/mol. The van der Waals surface area contributed by atoms with Gasteiger partial charge in [-0.2, -0.15) is 0 Å². The van der Waals surface area contributed by atoms with Crippen LogP contribution in [0, 0.1) is 36.1 Å². The molecule has 0 bridgehead atoms. The Kier molecular flexibility index (Phi) is 30.1. The monoisotopic (exact) mass is 1110 g/mol. The molecule has 2 nitrogen and oxygen atoms in total. The molecule has 0 amide bonds. The average Bonchev–Trinajstić information content (AvgIpc) is 4.30. The quantitative estimate of drug-likeness (QED) is 0.0357. The van der Waals surface area contributed by atoms with Gasteiger partial charge in [-0.1, -0.05) is 285 Å². The molecule has 2 unspecified atom stereocenters. The summed E-state index contributed by atoms with van der Waals surface area (Å²) in [6.07, 6.45) is 54.7. The molecular formula is C70H108O2S4. The van der Waals surface area contributed by atoms with Crippen molar-refractivity contribution >= 4 is 64.1 Å². The Morgan fingerprint density at radius 1 is 0.316 bits per heavy atom. The zero-order valence-electron chi connectivity index (χ0n) is 49.6. The predicted molar refractivity (Wildman–Crippen MR) is 345 cm³/mol. The summed E-state index contributed by atoms with van der Waals surface area (Å²) in [6.45, 7) is 13.7. The predicted octanol–water partition coefficient (Wildman–Crippen LogP) is 24.5. The van der Waals surface area contributed by atoms with Gasteiger partial charge in [-0.05, 0) is 73.9 Å². The highest BCUT2D eigenvalue weighted by Crippen LogP contribution is 2.43. The Labute approximate surface area is 480 Å². The first-order valence-corrected chi connectivity index (χ1v) is 35.9. The lowest BCUT2D eigenvalue weighted by molar-refractivity contribution is 0.399. The molecule has 0 radical (unpaired) electrons. The molecule has 2 aliphatic rings. The van der Waals surface area contributed by atoms with Crippen molar-refractivity contribution in [1.82, 2.24) is 0 Å². The van der Waals surface area contributed by atoms with Crippen LogP contribution in [0.15, 0.2) is 33.9 Å².